The van der Waals surface area contributed by atoms with Gasteiger partial charge in [-0.2, -0.15) is 0 Å². The first kappa shape index (κ1) is 17.9. The van der Waals surface area contributed by atoms with Crippen LogP contribution >= 0.6 is 0 Å². The molecule has 5 heteroatoms. The maximum absolute atomic E-state index is 12.1. The highest BCUT2D eigenvalue weighted by molar-refractivity contribution is 5.78. The average Bonchev–Trinajstić information content (AvgIpc) is 2.31. The highest BCUT2D eigenvalue weighted by Gasteiger charge is 2.17. The molecule has 0 aromatic heterocycles. The molecule has 0 aromatic rings. The van der Waals surface area contributed by atoms with Crippen LogP contribution in [0.25, 0.3) is 0 Å². The number of primary amides is 1. The van der Waals surface area contributed by atoms with Crippen LogP contribution in [0.1, 0.15) is 40.5 Å². The molecule has 0 saturated carbocycles. The molecule has 0 spiro atoms. The summed E-state index contributed by atoms with van der Waals surface area (Å²) in [7, 11) is 2.05. The van der Waals surface area contributed by atoms with Gasteiger partial charge in [0.1, 0.15) is 0 Å². The Balaban J connectivity index is 4.34. The van der Waals surface area contributed by atoms with E-state index in [2.05, 4.69) is 18.7 Å². The number of nitrogens with zero attached hydrogens (tertiary/aromatic N) is 2. The van der Waals surface area contributed by atoms with Crippen LogP contribution in [0, 0.1) is 5.92 Å². The summed E-state index contributed by atoms with van der Waals surface area (Å²) in [4.78, 5) is 26.9. The maximum Gasteiger partial charge on any atom is 0.225 e. The summed E-state index contributed by atoms with van der Waals surface area (Å²) in [5, 5.41) is 0. The Hall–Kier alpha value is -1.10. The van der Waals surface area contributed by atoms with Crippen molar-refractivity contribution in [3.63, 3.8) is 0 Å². The Morgan fingerprint density at radius 1 is 1.05 bits per heavy atom. The van der Waals surface area contributed by atoms with Gasteiger partial charge >= 0.3 is 0 Å². The molecule has 5 nitrogen and oxygen atoms in total. The number of hydrogen-bond donors (Lipinski definition) is 1. The Morgan fingerprint density at radius 2 is 1.63 bits per heavy atom. The van der Waals surface area contributed by atoms with E-state index in [1.54, 1.807) is 0 Å². The van der Waals surface area contributed by atoms with Crippen molar-refractivity contribution in [1.82, 2.24) is 9.80 Å². The van der Waals surface area contributed by atoms with E-state index in [9.17, 15) is 9.59 Å². The zero-order valence-electron chi connectivity index (χ0n) is 13.0. The molecule has 0 aliphatic rings. The average molecular weight is 271 g/mol. The van der Waals surface area contributed by atoms with Crippen molar-refractivity contribution in [2.75, 3.05) is 26.7 Å². The van der Waals surface area contributed by atoms with Crippen LogP contribution in [0.5, 0.6) is 0 Å². The first-order chi connectivity index (χ1) is 8.75. The van der Waals surface area contributed by atoms with E-state index in [0.717, 1.165) is 6.54 Å². The third-order valence-electron chi connectivity index (χ3n) is 3.26. The molecule has 19 heavy (non-hydrogen) atoms. The topological polar surface area (TPSA) is 66.6 Å². The molecular weight excluding hydrogens is 242 g/mol. The van der Waals surface area contributed by atoms with Crippen LogP contribution in [-0.2, 0) is 9.59 Å². The Labute approximate surface area is 117 Å². The highest BCUT2D eigenvalue weighted by Crippen LogP contribution is 2.05. The fourth-order valence-electron chi connectivity index (χ4n) is 1.68. The molecule has 0 fully saturated rings. The van der Waals surface area contributed by atoms with Crippen molar-refractivity contribution < 1.29 is 9.59 Å². The lowest BCUT2D eigenvalue weighted by Crippen LogP contribution is -2.41. The van der Waals surface area contributed by atoms with Crippen LogP contribution in [0.4, 0.5) is 0 Å². The minimum absolute atomic E-state index is 0.0158. The normalized spacial score (nSPS) is 11.4. The monoisotopic (exact) mass is 271 g/mol. The molecule has 2 N–H and O–H groups in total. The molecule has 0 rings (SSSR count). The van der Waals surface area contributed by atoms with Crippen molar-refractivity contribution in [3.05, 3.63) is 0 Å². The summed E-state index contributed by atoms with van der Waals surface area (Å²) < 4.78 is 0. The summed E-state index contributed by atoms with van der Waals surface area (Å²) in [6.07, 6.45) is 0.973. The molecule has 0 aliphatic carbocycles. The van der Waals surface area contributed by atoms with Gasteiger partial charge in [0.15, 0.2) is 0 Å². The fraction of sp³-hybridized carbons (Fsp3) is 0.857. The van der Waals surface area contributed by atoms with Crippen molar-refractivity contribution in [2.24, 2.45) is 11.7 Å². The largest absolute Gasteiger partial charge is 0.370 e. The first-order valence-electron chi connectivity index (χ1n) is 7.03. The molecule has 0 heterocycles. The molecule has 0 aromatic carbocycles. The molecule has 0 radical (unpaired) electrons. The van der Waals surface area contributed by atoms with E-state index in [-0.39, 0.29) is 17.7 Å². The third-order valence-corrected chi connectivity index (χ3v) is 3.26. The van der Waals surface area contributed by atoms with Crippen LogP contribution in [0.3, 0.4) is 0 Å². The number of hydrogen-bond acceptors (Lipinski definition) is 3. The Bertz CT molecular complexity index is 290. The standard InChI is InChI=1S/C14H29N3O2/c1-11(2)14(19)17(8-6-7-13(15)18)10-9-16(5)12(3)4/h11-12H,6-10H2,1-5H3,(H2,15,18). The summed E-state index contributed by atoms with van der Waals surface area (Å²) >= 11 is 0. The van der Waals surface area contributed by atoms with Crippen molar-refractivity contribution in [1.29, 1.82) is 0 Å². The lowest BCUT2D eigenvalue weighted by atomic mass is 10.1. The van der Waals surface area contributed by atoms with Gasteiger partial charge in [0.25, 0.3) is 0 Å². The van der Waals surface area contributed by atoms with Crippen LogP contribution < -0.4 is 5.73 Å². The second kappa shape index (κ2) is 8.91. The highest BCUT2D eigenvalue weighted by atomic mass is 16.2. The number of carbonyl (C=O) groups is 2. The molecule has 0 unspecified atom stereocenters. The van der Waals surface area contributed by atoms with E-state index in [4.69, 9.17) is 5.73 Å². The van der Waals surface area contributed by atoms with Crippen molar-refractivity contribution in [3.8, 4) is 0 Å². The number of amides is 2. The molecule has 0 aliphatic heterocycles. The molecule has 0 saturated heterocycles. The van der Waals surface area contributed by atoms with E-state index in [0.29, 0.717) is 32.0 Å². The second-order valence-corrected chi connectivity index (χ2v) is 5.62. The van der Waals surface area contributed by atoms with Gasteiger partial charge in [0.05, 0.1) is 0 Å². The molecular formula is C14H29N3O2. The quantitative estimate of drug-likeness (QED) is 0.682. The van der Waals surface area contributed by atoms with Crippen molar-refractivity contribution in [2.45, 2.75) is 46.6 Å². The summed E-state index contributed by atoms with van der Waals surface area (Å²) in [5.74, 6) is -0.184. The van der Waals surface area contributed by atoms with Gasteiger partial charge in [0.2, 0.25) is 11.8 Å². The SMILES string of the molecule is CC(C)C(=O)N(CCCC(N)=O)CCN(C)C(C)C. The van der Waals surface area contributed by atoms with E-state index < -0.39 is 0 Å². The number of nitrogens with two attached hydrogens (primary N) is 1. The Kier molecular flexibility index (Phi) is 8.39. The molecule has 112 valence electrons. The second-order valence-electron chi connectivity index (χ2n) is 5.62. The predicted octanol–water partition coefficient (Wildman–Crippen LogP) is 1.08. The summed E-state index contributed by atoms with van der Waals surface area (Å²) in [5.41, 5.74) is 5.13. The van der Waals surface area contributed by atoms with E-state index in [1.807, 2.05) is 25.8 Å². The van der Waals surface area contributed by atoms with Gasteiger partial charge < -0.3 is 15.5 Å². The predicted molar refractivity (Wildman–Crippen MR) is 77.6 cm³/mol. The summed E-state index contributed by atoms with van der Waals surface area (Å²) in [6, 6.07) is 0.460. The summed E-state index contributed by atoms with van der Waals surface area (Å²) in [6.45, 7) is 10.2. The third kappa shape index (κ3) is 7.82. The smallest absolute Gasteiger partial charge is 0.225 e. The van der Waals surface area contributed by atoms with Crippen molar-refractivity contribution >= 4 is 11.8 Å². The molecule has 0 bridgehead atoms. The number of rotatable bonds is 9. The molecule has 2 amide bonds. The molecule has 0 atom stereocenters. The first-order valence-corrected chi connectivity index (χ1v) is 7.03. The van der Waals surface area contributed by atoms with Gasteiger partial charge in [-0.3, -0.25) is 9.59 Å². The van der Waals surface area contributed by atoms with Gasteiger partial charge in [-0.15, -0.1) is 0 Å². The van der Waals surface area contributed by atoms with E-state index in [1.165, 1.54) is 0 Å². The van der Waals surface area contributed by atoms with E-state index >= 15 is 0 Å². The number of carbonyl (C=O) groups excluding carboxylic acids is 2. The Morgan fingerprint density at radius 3 is 2.05 bits per heavy atom. The van der Waals surface area contributed by atoms with Gasteiger partial charge in [-0.25, -0.2) is 0 Å². The van der Waals surface area contributed by atoms with Crippen LogP contribution in [0.15, 0.2) is 0 Å². The number of likely N-dealkylation sites (N-methyl/N-ethyl adjacent to an activating group) is 1. The van der Waals surface area contributed by atoms with Gasteiger partial charge in [-0.1, -0.05) is 13.8 Å². The van der Waals surface area contributed by atoms with Gasteiger partial charge in [-0.05, 0) is 27.3 Å². The van der Waals surface area contributed by atoms with Crippen LogP contribution in [0.2, 0.25) is 0 Å². The van der Waals surface area contributed by atoms with Crippen LogP contribution in [-0.4, -0.2) is 54.3 Å². The minimum atomic E-state index is -0.309. The fourth-order valence-corrected chi connectivity index (χ4v) is 1.68. The lowest BCUT2D eigenvalue weighted by Gasteiger charge is -2.28. The maximum atomic E-state index is 12.1. The minimum Gasteiger partial charge on any atom is -0.370 e. The van der Waals surface area contributed by atoms with Gasteiger partial charge in [0, 0.05) is 38.0 Å². The lowest BCUT2D eigenvalue weighted by molar-refractivity contribution is -0.135. The zero-order valence-corrected chi connectivity index (χ0v) is 13.0. The zero-order chi connectivity index (χ0) is 15.0.